The molecule has 14 aliphatic carbocycles. The molecular weight excluding hydrogens is 1150 g/mol. The van der Waals surface area contributed by atoms with Crippen LogP contribution in [0.25, 0.3) is 0 Å². The van der Waals surface area contributed by atoms with Crippen LogP contribution in [0.15, 0.2) is 84.0 Å². The molecule has 0 heterocycles. The second-order valence-corrected chi connectivity index (χ2v) is 33.9. The molecule has 0 amide bonds. The van der Waals surface area contributed by atoms with Crippen molar-refractivity contribution < 1.29 is 59.9 Å². The SMILES string of the molecule is COC[C@@H]1C[C@@H]2[C@H](CC[C@]3(C)C(O)CC[C@@H]23)[C@@]2(C)C=CC(=O)C=C12.COC[C@H]1C[C@@H]2[C@H](CC[C@]3(C)C(O)CC[C@@H]23)[C@@]2(C)C=CC(=O)C=C12.C[C@]12CC[C@@H]3c4ccc(O)cc4[C@@H](CO)C[C@H]3[C@@H]1CCC2O.C[C@]12CC[C@@H]3c4ccc(O)cc4[C@H](CO)C[C@H]3[C@@H]1CCC2O. The van der Waals surface area contributed by atoms with Gasteiger partial charge in [0.15, 0.2) is 11.6 Å². The number of carbonyl (C=O) groups is 2. The van der Waals surface area contributed by atoms with Crippen molar-refractivity contribution in [2.45, 2.75) is 218 Å². The van der Waals surface area contributed by atoms with Crippen molar-refractivity contribution in [3.05, 3.63) is 106 Å². The maximum atomic E-state index is 12.0. The number of phenols is 2. The van der Waals surface area contributed by atoms with Gasteiger partial charge in [-0.2, -0.15) is 0 Å². The molecule has 0 spiro atoms. The van der Waals surface area contributed by atoms with Crippen LogP contribution in [0, 0.1) is 104 Å². The van der Waals surface area contributed by atoms with Gasteiger partial charge in [0.2, 0.25) is 0 Å². The van der Waals surface area contributed by atoms with Crippen LogP contribution < -0.4 is 0 Å². The molecule has 0 saturated heterocycles. The number of benzene rings is 2. The predicted molar refractivity (Wildman–Crippen MR) is 356 cm³/mol. The number of methoxy groups -OCH3 is 2. The van der Waals surface area contributed by atoms with Crippen molar-refractivity contribution in [1.29, 1.82) is 0 Å². The molecule has 26 atom stereocenters. The molecule has 2 aromatic carbocycles. The standard InChI is InChI=1S/2C21H30O3.2C19H26O3/c2*1-20-8-6-14(22)11-18(20)13(12-24-3)10-15-16-4-5-19(23)21(16,2)9-7-17(15)20;2*1-19-7-6-14-13-3-2-12(21)9-15(13)11(10-20)8-16(14)17(19)4-5-18(19)22/h2*6,8,11,13,15-17,19,23H,4-5,7,9-10,12H2,1-3H3;2*2-3,9,11,14,16-18,20-22H,4-8,10H2,1H3/t13-,15+,16+,17+,19?,20-,21+;13-,15-,16-,17-,19?,20+,21-;11-,14+,16+,17-,18?,19-;11-,14-,16-,17+,18?,19+/m1001/s1. The van der Waals surface area contributed by atoms with E-state index in [0.717, 1.165) is 140 Å². The molecule has 504 valence electrons. The summed E-state index contributed by atoms with van der Waals surface area (Å²) in [5, 5.41) is 81.4. The van der Waals surface area contributed by atoms with Crippen LogP contribution in [0.5, 0.6) is 11.5 Å². The first-order valence-electron chi connectivity index (χ1n) is 36.4. The van der Waals surface area contributed by atoms with Crippen LogP contribution in [0.1, 0.15) is 216 Å². The van der Waals surface area contributed by atoms with Gasteiger partial charge in [-0.05, 0) is 292 Å². The number of rotatable bonds is 6. The van der Waals surface area contributed by atoms with E-state index in [0.29, 0.717) is 108 Å². The summed E-state index contributed by atoms with van der Waals surface area (Å²) >= 11 is 0. The van der Waals surface area contributed by atoms with Gasteiger partial charge >= 0.3 is 0 Å². The van der Waals surface area contributed by atoms with Gasteiger partial charge in [0.25, 0.3) is 0 Å². The first-order valence-corrected chi connectivity index (χ1v) is 36.4. The third-order valence-corrected chi connectivity index (χ3v) is 30.2. The number of phenolic OH excluding ortho intramolecular Hbond substituents is 2. The number of ether oxygens (including phenoxy) is 2. The fourth-order valence-electron chi connectivity index (χ4n) is 25.2. The second-order valence-electron chi connectivity index (χ2n) is 33.9. The van der Waals surface area contributed by atoms with E-state index in [2.05, 4.69) is 65.8 Å². The fourth-order valence-corrected chi connectivity index (χ4v) is 25.2. The van der Waals surface area contributed by atoms with Crippen LogP contribution in [0.2, 0.25) is 0 Å². The Balaban J connectivity index is 0.000000112. The zero-order valence-corrected chi connectivity index (χ0v) is 56.7. The summed E-state index contributed by atoms with van der Waals surface area (Å²) in [6, 6.07) is 11.4. The Bertz CT molecular complexity index is 3010. The summed E-state index contributed by atoms with van der Waals surface area (Å²) in [7, 11) is 3.52. The number of aliphatic hydroxyl groups is 6. The number of hydrogen-bond donors (Lipinski definition) is 8. The summed E-state index contributed by atoms with van der Waals surface area (Å²) in [6.07, 6.45) is 32.5. The lowest BCUT2D eigenvalue weighted by atomic mass is 9.46. The summed E-state index contributed by atoms with van der Waals surface area (Å²) < 4.78 is 11.0. The number of aliphatic hydroxyl groups excluding tert-OH is 6. The Labute approximate surface area is 548 Å². The minimum absolute atomic E-state index is 0.0190. The van der Waals surface area contributed by atoms with E-state index < -0.39 is 0 Å². The number of ketones is 2. The van der Waals surface area contributed by atoms with Crippen molar-refractivity contribution in [2.24, 2.45) is 104 Å². The monoisotopic (exact) mass is 1260 g/mol. The molecular formula is C80H112O12. The Morgan fingerprint density at radius 2 is 0.739 bits per heavy atom. The Morgan fingerprint density at radius 1 is 0.413 bits per heavy atom. The molecule has 14 aliphatic rings. The smallest absolute Gasteiger partial charge is 0.178 e. The number of carbonyl (C=O) groups excluding carboxylic acids is 2. The van der Waals surface area contributed by atoms with Gasteiger partial charge in [-0.25, -0.2) is 0 Å². The van der Waals surface area contributed by atoms with Crippen molar-refractivity contribution in [3.63, 3.8) is 0 Å². The van der Waals surface area contributed by atoms with Crippen LogP contribution >= 0.6 is 0 Å². The molecule has 0 aliphatic heterocycles. The Kier molecular flexibility index (Phi) is 18.2. The van der Waals surface area contributed by atoms with Crippen LogP contribution in [0.3, 0.4) is 0 Å². The lowest BCUT2D eigenvalue weighted by molar-refractivity contribution is -0.112. The second kappa shape index (κ2) is 25.1. The van der Waals surface area contributed by atoms with E-state index in [1.165, 1.54) is 22.3 Å². The highest BCUT2D eigenvalue weighted by atomic mass is 16.5. The quantitative estimate of drug-likeness (QED) is 0.136. The molecule has 2 aromatic rings. The maximum Gasteiger partial charge on any atom is 0.178 e. The summed E-state index contributed by atoms with van der Waals surface area (Å²) in [6.45, 7) is 15.5. The van der Waals surface area contributed by atoms with E-state index in [4.69, 9.17) is 9.47 Å². The van der Waals surface area contributed by atoms with E-state index in [1.54, 1.807) is 38.5 Å². The third-order valence-electron chi connectivity index (χ3n) is 30.2. The van der Waals surface area contributed by atoms with Gasteiger partial charge in [0, 0.05) is 61.9 Å². The van der Waals surface area contributed by atoms with Gasteiger partial charge in [-0.3, -0.25) is 9.59 Å². The molecule has 0 aromatic heterocycles. The summed E-state index contributed by atoms with van der Waals surface area (Å²) in [5.41, 5.74) is 7.80. The fraction of sp³-hybridized carbons (Fsp3) is 0.725. The van der Waals surface area contributed by atoms with Crippen molar-refractivity contribution in [1.82, 2.24) is 0 Å². The van der Waals surface area contributed by atoms with Crippen LogP contribution in [-0.2, 0) is 19.1 Å². The average molecular weight is 1270 g/mol. The predicted octanol–water partition coefficient (Wildman–Crippen LogP) is 13.3. The van der Waals surface area contributed by atoms with Gasteiger partial charge in [-0.15, -0.1) is 0 Å². The molecule has 10 saturated carbocycles. The van der Waals surface area contributed by atoms with E-state index in [9.17, 15) is 50.4 Å². The average Bonchev–Trinajstić information content (AvgIpc) is 1.23. The van der Waals surface area contributed by atoms with Crippen molar-refractivity contribution in [3.8, 4) is 11.5 Å². The lowest BCUT2D eigenvalue weighted by Crippen LogP contribution is -2.52. The first kappa shape index (κ1) is 66.6. The van der Waals surface area contributed by atoms with Crippen LogP contribution in [0.4, 0.5) is 0 Å². The van der Waals surface area contributed by atoms with Gasteiger partial charge in [-0.1, -0.05) is 77.0 Å². The number of aromatic hydroxyl groups is 2. The normalized spacial score (nSPS) is 46.8. The molecule has 92 heavy (non-hydrogen) atoms. The maximum absolute atomic E-state index is 12.0. The Morgan fingerprint density at radius 3 is 1.08 bits per heavy atom. The number of allylic oxidation sites excluding steroid dienone is 6. The molecule has 0 radical (unpaired) electrons. The number of hydrogen-bond acceptors (Lipinski definition) is 12. The van der Waals surface area contributed by atoms with E-state index in [-0.39, 0.29) is 93.5 Å². The summed E-state index contributed by atoms with van der Waals surface area (Å²) in [4.78, 5) is 24.0. The largest absolute Gasteiger partial charge is 0.508 e. The molecule has 12 heteroatoms. The van der Waals surface area contributed by atoms with Gasteiger partial charge < -0.3 is 50.3 Å². The number of fused-ring (bicyclic) bond motifs is 20. The molecule has 16 rings (SSSR count). The molecule has 8 N–H and O–H groups in total. The molecule has 0 bridgehead atoms. The first-order chi connectivity index (χ1) is 43.9. The summed E-state index contributed by atoms with van der Waals surface area (Å²) in [5.74, 6) is 8.71. The molecule has 4 unspecified atom stereocenters. The third kappa shape index (κ3) is 10.8. The minimum Gasteiger partial charge on any atom is -0.508 e. The molecule has 12 nitrogen and oxygen atoms in total. The van der Waals surface area contributed by atoms with Gasteiger partial charge in [0.05, 0.1) is 37.6 Å². The van der Waals surface area contributed by atoms with Crippen LogP contribution in [-0.4, -0.2) is 117 Å². The minimum atomic E-state index is -0.160. The zero-order valence-electron chi connectivity index (χ0n) is 56.7. The van der Waals surface area contributed by atoms with Gasteiger partial charge in [0.1, 0.15) is 11.5 Å². The topological polar surface area (TPSA) is 214 Å². The van der Waals surface area contributed by atoms with Crippen molar-refractivity contribution >= 4 is 11.6 Å². The highest BCUT2D eigenvalue weighted by Crippen LogP contribution is 2.69. The highest BCUT2D eigenvalue weighted by molar-refractivity contribution is 6.01. The van der Waals surface area contributed by atoms with E-state index in [1.807, 2.05) is 24.3 Å². The van der Waals surface area contributed by atoms with Crippen molar-refractivity contribution in [2.75, 3.05) is 40.6 Å². The Hall–Kier alpha value is -3.98. The molecule has 10 fully saturated rings. The zero-order chi connectivity index (χ0) is 65.2. The highest BCUT2D eigenvalue weighted by Gasteiger charge is 2.63. The van der Waals surface area contributed by atoms with E-state index >= 15 is 0 Å². The lowest BCUT2D eigenvalue weighted by Gasteiger charge is -2.58.